The van der Waals surface area contributed by atoms with Gasteiger partial charge in [-0.1, -0.05) is 22.0 Å². The number of hydrogen-bond donors (Lipinski definition) is 0. The molecule has 2 heteroatoms. The topological polar surface area (TPSA) is 0 Å². The number of halogens is 2. The highest BCUT2D eigenvalue weighted by Gasteiger charge is 1.81. The molecule has 0 saturated heterocycles. The van der Waals surface area contributed by atoms with Gasteiger partial charge in [-0.3, -0.25) is 0 Å². The average molecular weight is 153 g/mol. The van der Waals surface area contributed by atoms with E-state index in [0.717, 1.165) is 0 Å². The minimum atomic E-state index is -0.116. The van der Waals surface area contributed by atoms with Crippen LogP contribution in [0.1, 0.15) is 6.92 Å². The third-order valence-corrected chi connectivity index (χ3v) is 0.977. The second-order valence-corrected chi connectivity index (χ2v) is 1.43. The van der Waals surface area contributed by atoms with Crippen molar-refractivity contribution in [1.82, 2.24) is 0 Å². The van der Waals surface area contributed by atoms with Gasteiger partial charge in [-0.05, 0) is 6.92 Å². The van der Waals surface area contributed by atoms with E-state index in [1.807, 2.05) is 0 Å². The smallest absolute Gasteiger partial charge is 0.106 e. The lowest BCUT2D eigenvalue weighted by atomic mass is 10.6. The Balaban J connectivity index is 3.22. The molecule has 0 radical (unpaired) electrons. The standard InChI is InChI=1S/C4H6BrF/c1-2-4(6)3-5/h2H,3H2,1H3/b4-2-. The predicted octanol–water partition coefficient (Wildman–Crippen LogP) is 2.25. The first-order valence-corrected chi connectivity index (χ1v) is 2.80. The summed E-state index contributed by atoms with van der Waals surface area (Å²) in [6, 6.07) is 0. The van der Waals surface area contributed by atoms with E-state index in [2.05, 4.69) is 15.9 Å². The molecular weight excluding hydrogens is 147 g/mol. The lowest BCUT2D eigenvalue weighted by molar-refractivity contribution is 0.644. The molecule has 0 aromatic rings. The van der Waals surface area contributed by atoms with Crippen molar-refractivity contribution in [2.75, 3.05) is 5.33 Å². The van der Waals surface area contributed by atoms with Crippen LogP contribution in [0.25, 0.3) is 0 Å². The monoisotopic (exact) mass is 152 g/mol. The third-order valence-electron chi connectivity index (χ3n) is 0.441. The first-order chi connectivity index (χ1) is 2.81. The summed E-state index contributed by atoms with van der Waals surface area (Å²) < 4.78 is 11.7. The summed E-state index contributed by atoms with van der Waals surface area (Å²) in [7, 11) is 0. The fourth-order valence-corrected chi connectivity index (χ4v) is 0.401. The fraction of sp³-hybridized carbons (Fsp3) is 0.500. The molecule has 0 saturated carbocycles. The Morgan fingerprint density at radius 2 is 2.50 bits per heavy atom. The van der Waals surface area contributed by atoms with Gasteiger partial charge in [0.15, 0.2) is 0 Å². The van der Waals surface area contributed by atoms with Gasteiger partial charge < -0.3 is 0 Å². The molecule has 0 unspecified atom stereocenters. The van der Waals surface area contributed by atoms with Crippen molar-refractivity contribution < 1.29 is 4.39 Å². The van der Waals surface area contributed by atoms with Crippen molar-refractivity contribution >= 4 is 15.9 Å². The van der Waals surface area contributed by atoms with Crippen LogP contribution in [0.4, 0.5) is 4.39 Å². The van der Waals surface area contributed by atoms with Gasteiger partial charge in [-0.25, -0.2) is 4.39 Å². The highest BCUT2D eigenvalue weighted by atomic mass is 79.9. The number of rotatable bonds is 1. The maximum Gasteiger partial charge on any atom is 0.106 e. The first-order valence-electron chi connectivity index (χ1n) is 1.68. The Labute approximate surface area is 45.2 Å². The van der Waals surface area contributed by atoms with E-state index in [1.54, 1.807) is 6.92 Å². The maximum absolute atomic E-state index is 11.7. The highest BCUT2D eigenvalue weighted by molar-refractivity contribution is 9.09. The predicted molar refractivity (Wildman–Crippen MR) is 28.7 cm³/mol. The van der Waals surface area contributed by atoms with Crippen molar-refractivity contribution in [3.05, 3.63) is 11.9 Å². The normalized spacial score (nSPS) is 12.2. The molecule has 0 N–H and O–H groups in total. The maximum atomic E-state index is 11.7. The van der Waals surface area contributed by atoms with E-state index in [0.29, 0.717) is 5.33 Å². The van der Waals surface area contributed by atoms with Crippen LogP contribution in [0.15, 0.2) is 11.9 Å². The van der Waals surface area contributed by atoms with E-state index in [-0.39, 0.29) is 5.83 Å². The lowest BCUT2D eigenvalue weighted by Crippen LogP contribution is -1.66. The number of alkyl halides is 1. The minimum Gasteiger partial charge on any atom is -0.211 e. The Bertz CT molecular complexity index is 58.6. The Morgan fingerprint density at radius 1 is 2.00 bits per heavy atom. The van der Waals surface area contributed by atoms with E-state index < -0.39 is 0 Å². The average Bonchev–Trinajstić information content (AvgIpc) is 1.65. The summed E-state index contributed by atoms with van der Waals surface area (Å²) in [5, 5.41) is 0.337. The van der Waals surface area contributed by atoms with Gasteiger partial charge in [-0.2, -0.15) is 0 Å². The zero-order valence-corrected chi connectivity index (χ0v) is 5.13. The minimum absolute atomic E-state index is 0.116. The van der Waals surface area contributed by atoms with Crippen molar-refractivity contribution in [3.63, 3.8) is 0 Å². The zero-order chi connectivity index (χ0) is 4.99. The zero-order valence-electron chi connectivity index (χ0n) is 3.54. The summed E-state index contributed by atoms with van der Waals surface area (Å²) in [4.78, 5) is 0. The molecule has 0 bridgehead atoms. The van der Waals surface area contributed by atoms with Crippen LogP contribution in [0.3, 0.4) is 0 Å². The van der Waals surface area contributed by atoms with Crippen molar-refractivity contribution in [3.8, 4) is 0 Å². The molecule has 0 rings (SSSR count). The summed E-state index contributed by atoms with van der Waals surface area (Å²) in [5.74, 6) is -0.116. The molecule has 0 heterocycles. The molecule has 0 nitrogen and oxygen atoms in total. The second-order valence-electron chi connectivity index (χ2n) is 0.869. The molecule has 0 aromatic heterocycles. The van der Waals surface area contributed by atoms with E-state index in [9.17, 15) is 4.39 Å². The first kappa shape index (κ1) is 6.15. The van der Waals surface area contributed by atoms with Crippen LogP contribution in [0.5, 0.6) is 0 Å². The summed E-state index contributed by atoms with van der Waals surface area (Å²) in [6.45, 7) is 1.66. The van der Waals surface area contributed by atoms with Crippen LogP contribution in [0, 0.1) is 0 Å². The molecule has 6 heavy (non-hydrogen) atoms. The van der Waals surface area contributed by atoms with Gasteiger partial charge in [0.2, 0.25) is 0 Å². The summed E-state index contributed by atoms with van der Waals surface area (Å²) in [5.41, 5.74) is 0. The molecule has 0 fully saturated rings. The molecule has 0 amide bonds. The van der Waals surface area contributed by atoms with Gasteiger partial charge >= 0.3 is 0 Å². The van der Waals surface area contributed by atoms with Gasteiger partial charge in [0, 0.05) is 0 Å². The molecule has 0 aliphatic carbocycles. The summed E-state index contributed by atoms with van der Waals surface area (Å²) in [6.07, 6.45) is 1.43. The van der Waals surface area contributed by atoms with Crippen LogP contribution in [-0.2, 0) is 0 Å². The van der Waals surface area contributed by atoms with Gasteiger partial charge in [0.05, 0.1) is 5.33 Å². The highest BCUT2D eigenvalue weighted by Crippen LogP contribution is 1.97. The van der Waals surface area contributed by atoms with E-state index >= 15 is 0 Å². The number of hydrogen-bond acceptors (Lipinski definition) is 0. The van der Waals surface area contributed by atoms with Gasteiger partial charge in [-0.15, -0.1) is 0 Å². The molecule has 36 valence electrons. The quantitative estimate of drug-likeness (QED) is 0.506. The second kappa shape index (κ2) is 3.34. The van der Waals surface area contributed by atoms with Crippen molar-refractivity contribution in [1.29, 1.82) is 0 Å². The largest absolute Gasteiger partial charge is 0.211 e. The molecule has 0 aliphatic rings. The van der Waals surface area contributed by atoms with Crippen molar-refractivity contribution in [2.45, 2.75) is 6.92 Å². The number of allylic oxidation sites excluding steroid dienone is 2. The van der Waals surface area contributed by atoms with Crippen LogP contribution >= 0.6 is 15.9 Å². The molecule has 0 atom stereocenters. The van der Waals surface area contributed by atoms with Gasteiger partial charge in [0.1, 0.15) is 5.83 Å². The fourth-order valence-electron chi connectivity index (χ4n) is 0.0772. The van der Waals surface area contributed by atoms with E-state index in [1.165, 1.54) is 6.08 Å². The van der Waals surface area contributed by atoms with Crippen LogP contribution < -0.4 is 0 Å². The molecule has 0 spiro atoms. The van der Waals surface area contributed by atoms with Crippen LogP contribution in [0.2, 0.25) is 0 Å². The van der Waals surface area contributed by atoms with Crippen LogP contribution in [-0.4, -0.2) is 5.33 Å². The molecule has 0 aliphatic heterocycles. The Kier molecular flexibility index (Phi) is 3.43. The van der Waals surface area contributed by atoms with Gasteiger partial charge in [0.25, 0.3) is 0 Å². The Morgan fingerprint density at radius 3 is 2.50 bits per heavy atom. The molecule has 0 aromatic carbocycles. The third kappa shape index (κ3) is 2.39. The Hall–Kier alpha value is 0.150. The lowest BCUT2D eigenvalue weighted by Gasteiger charge is -1.78. The molecular formula is C4H6BrF. The summed E-state index contributed by atoms with van der Waals surface area (Å²) >= 11 is 2.93. The van der Waals surface area contributed by atoms with Crippen molar-refractivity contribution in [2.24, 2.45) is 0 Å². The SMILES string of the molecule is C/C=C(\F)CBr. The van der Waals surface area contributed by atoms with E-state index in [4.69, 9.17) is 0 Å².